The predicted molar refractivity (Wildman–Crippen MR) is 181 cm³/mol. The molecule has 3 atom stereocenters. The van der Waals surface area contributed by atoms with E-state index < -0.39 is 24.1 Å². The van der Waals surface area contributed by atoms with E-state index in [1.54, 1.807) is 30.3 Å². The zero-order chi connectivity index (χ0) is 33.1. The molecule has 4 amide bonds. The molecule has 0 spiro atoms. The van der Waals surface area contributed by atoms with E-state index in [2.05, 4.69) is 39.7 Å². The molecule has 2 aliphatic heterocycles. The number of rotatable bonds is 9. The normalized spacial score (nSPS) is 18.7. The minimum Gasteiger partial charge on any atom is -0.465 e. The summed E-state index contributed by atoms with van der Waals surface area (Å²) >= 11 is 0. The summed E-state index contributed by atoms with van der Waals surface area (Å²) in [6.45, 7) is 5.55. The van der Waals surface area contributed by atoms with Crippen molar-refractivity contribution >= 4 is 46.1 Å². The van der Waals surface area contributed by atoms with Crippen LogP contribution in [0.5, 0.6) is 0 Å². The molecule has 0 saturated carbocycles. The molecule has 11 nitrogen and oxygen atoms in total. The van der Waals surface area contributed by atoms with Crippen LogP contribution in [0.2, 0.25) is 0 Å². The van der Waals surface area contributed by atoms with Gasteiger partial charge in [0.2, 0.25) is 11.8 Å². The SMILES string of the molecule is CC(C)N1CCCC1C(=O)Nc1ccc(-c2cc3cc(NC(=O)[C@@H]4CCCN4C(=O)[C@H](NC(=O)O)c4ccccc4)ccc3[nH]2)cc1. The highest BCUT2D eigenvalue weighted by molar-refractivity contribution is 6.00. The first-order chi connectivity index (χ1) is 22.7. The fourth-order valence-electron chi connectivity index (χ4n) is 6.76. The van der Waals surface area contributed by atoms with Crippen LogP contribution in [0.25, 0.3) is 22.2 Å². The second kappa shape index (κ2) is 13.7. The molecule has 2 saturated heterocycles. The molecular formula is C36H40N6O5. The smallest absolute Gasteiger partial charge is 0.405 e. The molecule has 47 heavy (non-hydrogen) atoms. The quantitative estimate of drug-likeness (QED) is 0.162. The Balaban J connectivity index is 1.12. The topological polar surface area (TPSA) is 147 Å². The predicted octanol–water partition coefficient (Wildman–Crippen LogP) is 5.58. The summed E-state index contributed by atoms with van der Waals surface area (Å²) in [6, 6.07) is 22.4. The molecule has 5 N–H and O–H groups in total. The van der Waals surface area contributed by atoms with Gasteiger partial charge < -0.3 is 30.9 Å². The monoisotopic (exact) mass is 636 g/mol. The van der Waals surface area contributed by atoms with Crippen molar-refractivity contribution in [3.05, 3.63) is 84.4 Å². The summed E-state index contributed by atoms with van der Waals surface area (Å²) in [7, 11) is 0. The average molecular weight is 637 g/mol. The lowest BCUT2D eigenvalue weighted by molar-refractivity contribution is -0.138. The van der Waals surface area contributed by atoms with Gasteiger partial charge in [-0.15, -0.1) is 0 Å². The van der Waals surface area contributed by atoms with Crippen molar-refractivity contribution in [2.45, 2.75) is 63.7 Å². The van der Waals surface area contributed by atoms with Gasteiger partial charge in [0.15, 0.2) is 0 Å². The first kappa shape index (κ1) is 31.8. The van der Waals surface area contributed by atoms with Crippen LogP contribution in [0.1, 0.15) is 51.1 Å². The van der Waals surface area contributed by atoms with Crippen LogP contribution < -0.4 is 16.0 Å². The van der Waals surface area contributed by atoms with Crippen LogP contribution in [-0.4, -0.2) is 74.9 Å². The number of aromatic nitrogens is 1. The summed E-state index contributed by atoms with van der Waals surface area (Å²) < 4.78 is 0. The van der Waals surface area contributed by atoms with Gasteiger partial charge in [0, 0.05) is 40.6 Å². The lowest BCUT2D eigenvalue weighted by atomic mass is 10.0. The molecule has 6 rings (SSSR count). The van der Waals surface area contributed by atoms with E-state index >= 15 is 0 Å². The fourth-order valence-corrected chi connectivity index (χ4v) is 6.76. The fraction of sp³-hybridized carbons (Fsp3) is 0.333. The minimum atomic E-state index is -1.31. The number of carbonyl (C=O) groups excluding carboxylic acids is 3. The van der Waals surface area contributed by atoms with Crippen molar-refractivity contribution in [1.82, 2.24) is 20.1 Å². The van der Waals surface area contributed by atoms with Crippen molar-refractivity contribution in [2.24, 2.45) is 0 Å². The number of amides is 4. The summed E-state index contributed by atoms with van der Waals surface area (Å²) in [6.07, 6.45) is 1.71. The zero-order valence-electron chi connectivity index (χ0n) is 26.5. The third-order valence-corrected chi connectivity index (χ3v) is 9.10. The van der Waals surface area contributed by atoms with Crippen molar-refractivity contribution in [1.29, 1.82) is 0 Å². The molecule has 0 bridgehead atoms. The van der Waals surface area contributed by atoms with Crippen molar-refractivity contribution < 1.29 is 24.3 Å². The van der Waals surface area contributed by atoms with Gasteiger partial charge in [-0.05, 0) is 93.6 Å². The Morgan fingerprint density at radius 1 is 0.809 bits per heavy atom. The number of fused-ring (bicyclic) bond motifs is 1. The molecule has 2 aliphatic rings. The molecule has 4 aromatic rings. The Morgan fingerprint density at radius 3 is 2.19 bits per heavy atom. The Labute approximate surface area is 273 Å². The summed E-state index contributed by atoms with van der Waals surface area (Å²) in [5.74, 6) is -0.745. The molecule has 0 radical (unpaired) electrons. The van der Waals surface area contributed by atoms with Gasteiger partial charge in [0.05, 0.1) is 6.04 Å². The lowest BCUT2D eigenvalue weighted by Crippen LogP contribution is -2.48. The third kappa shape index (κ3) is 7.00. The van der Waals surface area contributed by atoms with E-state index in [4.69, 9.17) is 0 Å². The molecular weight excluding hydrogens is 596 g/mol. The molecule has 3 heterocycles. The number of H-pyrrole nitrogens is 1. The number of carboxylic acid groups (broad SMARTS) is 1. The number of aromatic amines is 1. The standard InChI is InChI=1S/C36H40N6O5/c1-22(2)41-18-6-10-30(41)33(43)37-26-14-12-23(13-15-26)29-21-25-20-27(16-17-28(25)39-29)38-34(44)31-11-7-19-42(31)35(45)32(40-36(46)47)24-8-4-3-5-9-24/h3-5,8-9,12-17,20-22,30-32,39-40H,6-7,10-11,18-19H2,1-2H3,(H,37,43)(H,38,44)(H,46,47)/t30?,31-,32+/m0/s1. The van der Waals surface area contributed by atoms with Gasteiger partial charge >= 0.3 is 6.09 Å². The Morgan fingerprint density at radius 2 is 1.47 bits per heavy atom. The largest absolute Gasteiger partial charge is 0.465 e. The van der Waals surface area contributed by atoms with Crippen LogP contribution in [0.4, 0.5) is 16.2 Å². The second-order valence-corrected chi connectivity index (χ2v) is 12.5. The van der Waals surface area contributed by atoms with E-state index in [0.29, 0.717) is 36.7 Å². The molecule has 11 heteroatoms. The van der Waals surface area contributed by atoms with E-state index in [1.807, 2.05) is 48.5 Å². The molecule has 1 aromatic heterocycles. The van der Waals surface area contributed by atoms with Crippen LogP contribution in [0.3, 0.4) is 0 Å². The molecule has 2 fully saturated rings. The first-order valence-corrected chi connectivity index (χ1v) is 16.1. The maximum absolute atomic E-state index is 13.5. The minimum absolute atomic E-state index is 0.0298. The highest BCUT2D eigenvalue weighted by Crippen LogP contribution is 2.29. The Bertz CT molecular complexity index is 1770. The summed E-state index contributed by atoms with van der Waals surface area (Å²) in [5.41, 5.74) is 4.61. The highest BCUT2D eigenvalue weighted by Gasteiger charge is 2.38. The summed E-state index contributed by atoms with van der Waals surface area (Å²) in [4.78, 5) is 58.5. The molecule has 244 valence electrons. The number of nitrogens with one attached hydrogen (secondary N) is 4. The van der Waals surface area contributed by atoms with Gasteiger partial charge in [0.25, 0.3) is 5.91 Å². The maximum atomic E-state index is 13.5. The zero-order valence-corrected chi connectivity index (χ0v) is 26.5. The average Bonchev–Trinajstić information content (AvgIpc) is 3.84. The maximum Gasteiger partial charge on any atom is 0.405 e. The molecule has 1 unspecified atom stereocenters. The third-order valence-electron chi connectivity index (χ3n) is 9.10. The number of benzene rings is 3. The summed E-state index contributed by atoms with van der Waals surface area (Å²) in [5, 5.41) is 18.6. The van der Waals surface area contributed by atoms with Crippen LogP contribution in [-0.2, 0) is 14.4 Å². The van der Waals surface area contributed by atoms with Gasteiger partial charge in [-0.3, -0.25) is 19.3 Å². The first-order valence-electron chi connectivity index (χ1n) is 16.1. The van der Waals surface area contributed by atoms with Gasteiger partial charge in [0.1, 0.15) is 12.1 Å². The van der Waals surface area contributed by atoms with E-state index in [1.165, 1.54) is 4.90 Å². The number of anilines is 2. The number of hydrogen-bond acceptors (Lipinski definition) is 5. The van der Waals surface area contributed by atoms with E-state index in [9.17, 15) is 24.3 Å². The lowest BCUT2D eigenvalue weighted by Gasteiger charge is -2.28. The molecule has 0 aliphatic carbocycles. The van der Waals surface area contributed by atoms with Crippen molar-refractivity contribution in [3.63, 3.8) is 0 Å². The van der Waals surface area contributed by atoms with E-state index in [0.717, 1.165) is 47.2 Å². The number of nitrogens with zero attached hydrogens (tertiary/aromatic N) is 2. The van der Waals surface area contributed by atoms with Gasteiger partial charge in [-0.2, -0.15) is 0 Å². The van der Waals surface area contributed by atoms with Gasteiger partial charge in [-0.25, -0.2) is 4.79 Å². The number of carbonyl (C=O) groups is 4. The Hall–Kier alpha value is -5.16. The second-order valence-electron chi connectivity index (χ2n) is 12.5. The van der Waals surface area contributed by atoms with Crippen LogP contribution >= 0.6 is 0 Å². The number of likely N-dealkylation sites (tertiary alicyclic amines) is 2. The van der Waals surface area contributed by atoms with Crippen molar-refractivity contribution in [2.75, 3.05) is 23.7 Å². The van der Waals surface area contributed by atoms with Crippen molar-refractivity contribution in [3.8, 4) is 11.3 Å². The van der Waals surface area contributed by atoms with E-state index in [-0.39, 0.29) is 17.9 Å². The van der Waals surface area contributed by atoms with Crippen LogP contribution in [0.15, 0.2) is 78.9 Å². The number of hydrogen-bond donors (Lipinski definition) is 5. The van der Waals surface area contributed by atoms with Crippen LogP contribution in [0, 0.1) is 0 Å². The highest BCUT2D eigenvalue weighted by atomic mass is 16.4. The van der Waals surface area contributed by atoms with Gasteiger partial charge in [-0.1, -0.05) is 42.5 Å². The molecule has 3 aromatic carbocycles. The Kier molecular flexibility index (Phi) is 9.26.